The Morgan fingerprint density at radius 3 is 1.85 bits per heavy atom. The van der Waals surface area contributed by atoms with Gasteiger partial charge in [0.2, 0.25) is 0 Å². The molecule has 0 aliphatic rings. The lowest BCUT2D eigenvalue weighted by Gasteiger charge is -2.28. The van der Waals surface area contributed by atoms with Crippen LogP contribution in [0.25, 0.3) is 0 Å². The molecule has 1 aromatic rings. The molecular weight excluding hydrogens is 362 g/mol. The molecule has 1 aromatic heterocycles. The second-order valence-corrected chi connectivity index (χ2v) is 8.13. The van der Waals surface area contributed by atoms with E-state index < -0.39 is 25.9 Å². The lowest BCUT2D eigenvalue weighted by Crippen LogP contribution is -2.50. The minimum absolute atomic E-state index is 0.0699. The summed E-state index contributed by atoms with van der Waals surface area (Å²) in [6.45, 7) is 7.33. The van der Waals surface area contributed by atoms with Gasteiger partial charge in [0, 0.05) is 39.5 Å². The minimum Gasteiger partial charge on any atom is -0.383 e. The van der Waals surface area contributed by atoms with Crippen molar-refractivity contribution in [2.24, 2.45) is 0 Å². The first-order chi connectivity index (χ1) is 12.4. The highest BCUT2D eigenvalue weighted by Gasteiger charge is 2.39. The molecule has 0 unspecified atom stereocenters. The van der Waals surface area contributed by atoms with Crippen LogP contribution in [0.1, 0.15) is 27.2 Å². The second kappa shape index (κ2) is 11.2. The summed E-state index contributed by atoms with van der Waals surface area (Å²) in [4.78, 5) is 38.4. The summed E-state index contributed by atoms with van der Waals surface area (Å²) in [5.74, 6) is 0. The molecule has 150 valence electrons. The Morgan fingerprint density at radius 1 is 0.885 bits per heavy atom. The topological polar surface area (TPSA) is 114 Å². The zero-order chi connectivity index (χ0) is 19.6. The van der Waals surface area contributed by atoms with Gasteiger partial charge in [-0.05, 0) is 27.2 Å². The molecule has 1 rings (SSSR count). The highest BCUT2D eigenvalue weighted by Crippen LogP contribution is 2.18. The SMILES string of the molecule is CCO[Si](CCCn1c(=O)[nH]c(=O)n(CCOC)c1=O)(OCC)OCC. The van der Waals surface area contributed by atoms with E-state index in [2.05, 4.69) is 4.98 Å². The van der Waals surface area contributed by atoms with Gasteiger partial charge in [-0.15, -0.1) is 0 Å². The van der Waals surface area contributed by atoms with Gasteiger partial charge in [0.05, 0.1) is 13.2 Å². The number of hydrogen-bond donors (Lipinski definition) is 1. The van der Waals surface area contributed by atoms with E-state index in [9.17, 15) is 14.4 Å². The summed E-state index contributed by atoms with van der Waals surface area (Å²) in [7, 11) is -1.38. The fourth-order valence-corrected chi connectivity index (χ4v) is 5.17. The number of H-pyrrole nitrogens is 1. The van der Waals surface area contributed by atoms with Gasteiger partial charge in [0.1, 0.15) is 0 Å². The number of methoxy groups -OCH3 is 1. The number of aromatic nitrogens is 3. The van der Waals surface area contributed by atoms with Crippen LogP contribution in [0.4, 0.5) is 0 Å². The molecule has 0 saturated heterocycles. The molecule has 0 fully saturated rings. The summed E-state index contributed by atoms with van der Waals surface area (Å²) < 4.78 is 24.1. The monoisotopic (exact) mass is 391 g/mol. The largest absolute Gasteiger partial charge is 0.500 e. The van der Waals surface area contributed by atoms with Crippen molar-refractivity contribution in [3.05, 3.63) is 31.5 Å². The van der Waals surface area contributed by atoms with E-state index in [0.29, 0.717) is 32.3 Å². The molecule has 0 radical (unpaired) electrons. The van der Waals surface area contributed by atoms with Crippen molar-refractivity contribution in [2.45, 2.75) is 46.3 Å². The van der Waals surface area contributed by atoms with Gasteiger partial charge < -0.3 is 18.0 Å². The molecule has 1 N–H and O–H groups in total. The Bertz CT molecular complexity index is 695. The van der Waals surface area contributed by atoms with Crippen molar-refractivity contribution in [1.29, 1.82) is 0 Å². The van der Waals surface area contributed by atoms with E-state index in [1.54, 1.807) is 0 Å². The van der Waals surface area contributed by atoms with Gasteiger partial charge in [-0.1, -0.05) is 0 Å². The summed E-state index contributed by atoms with van der Waals surface area (Å²) in [6.07, 6.45) is 0.442. The Kier molecular flexibility index (Phi) is 9.73. The molecular formula is C15H29N3O7Si. The predicted molar refractivity (Wildman–Crippen MR) is 97.5 cm³/mol. The Balaban J connectivity index is 2.96. The van der Waals surface area contributed by atoms with Gasteiger partial charge in [0.15, 0.2) is 0 Å². The van der Waals surface area contributed by atoms with Crippen LogP contribution in [0.5, 0.6) is 0 Å². The second-order valence-electron chi connectivity index (χ2n) is 5.40. The number of ether oxygens (including phenoxy) is 1. The normalized spacial score (nSPS) is 11.8. The van der Waals surface area contributed by atoms with E-state index in [1.165, 1.54) is 7.11 Å². The van der Waals surface area contributed by atoms with Crippen LogP contribution in [0.3, 0.4) is 0 Å². The van der Waals surface area contributed by atoms with E-state index in [1.807, 2.05) is 20.8 Å². The van der Waals surface area contributed by atoms with Gasteiger partial charge in [-0.3, -0.25) is 4.98 Å². The van der Waals surface area contributed by atoms with Gasteiger partial charge >= 0.3 is 25.9 Å². The van der Waals surface area contributed by atoms with Crippen molar-refractivity contribution in [3.8, 4) is 0 Å². The smallest absolute Gasteiger partial charge is 0.383 e. The van der Waals surface area contributed by atoms with Crippen molar-refractivity contribution in [3.63, 3.8) is 0 Å². The summed E-state index contributed by atoms with van der Waals surface area (Å²) in [5, 5.41) is 0. The van der Waals surface area contributed by atoms with Gasteiger partial charge in [-0.2, -0.15) is 0 Å². The van der Waals surface area contributed by atoms with Crippen LogP contribution < -0.4 is 17.1 Å². The third kappa shape index (κ3) is 6.02. The third-order valence-electron chi connectivity index (χ3n) is 3.64. The summed E-state index contributed by atoms with van der Waals surface area (Å²) >= 11 is 0. The number of nitrogens with zero attached hydrogens (tertiary/aromatic N) is 2. The highest BCUT2D eigenvalue weighted by molar-refractivity contribution is 6.60. The van der Waals surface area contributed by atoms with Gasteiger partial charge in [0.25, 0.3) is 0 Å². The third-order valence-corrected chi connectivity index (χ3v) is 6.79. The van der Waals surface area contributed by atoms with E-state index in [-0.39, 0.29) is 19.7 Å². The van der Waals surface area contributed by atoms with Crippen LogP contribution in [0.15, 0.2) is 14.4 Å². The first kappa shape index (κ1) is 22.5. The molecule has 11 heteroatoms. The molecule has 0 aliphatic heterocycles. The fourth-order valence-electron chi connectivity index (χ4n) is 2.58. The molecule has 0 bridgehead atoms. The summed E-state index contributed by atoms with van der Waals surface area (Å²) in [6, 6.07) is 0.464. The molecule has 10 nitrogen and oxygen atoms in total. The molecule has 0 aliphatic carbocycles. The number of hydrogen-bond acceptors (Lipinski definition) is 7. The number of aromatic amines is 1. The predicted octanol–water partition coefficient (Wildman–Crippen LogP) is -0.217. The zero-order valence-corrected chi connectivity index (χ0v) is 16.9. The minimum atomic E-state index is -2.85. The summed E-state index contributed by atoms with van der Waals surface area (Å²) in [5.41, 5.74) is -2.13. The fraction of sp³-hybridized carbons (Fsp3) is 0.800. The first-order valence-electron chi connectivity index (χ1n) is 8.79. The lowest BCUT2D eigenvalue weighted by molar-refractivity contribution is 0.0704. The lowest BCUT2D eigenvalue weighted by atomic mass is 10.5. The molecule has 0 spiro atoms. The van der Waals surface area contributed by atoms with Gasteiger partial charge in [-0.25, -0.2) is 23.5 Å². The van der Waals surface area contributed by atoms with E-state index >= 15 is 0 Å². The van der Waals surface area contributed by atoms with Crippen molar-refractivity contribution >= 4 is 8.80 Å². The zero-order valence-electron chi connectivity index (χ0n) is 15.9. The number of nitrogens with one attached hydrogen (secondary N) is 1. The number of rotatable bonds is 13. The van der Waals surface area contributed by atoms with Crippen LogP contribution in [0, 0.1) is 0 Å². The molecule has 1 heterocycles. The standard InChI is InChI=1S/C15H29N3O7Si/c1-5-23-26(24-6-2,25-7-3)12-8-9-17-13(19)16-14(20)18(15(17)21)10-11-22-4/h5-12H2,1-4H3,(H,16,19,20). The quantitative estimate of drug-likeness (QED) is 0.463. The van der Waals surface area contributed by atoms with Crippen molar-refractivity contribution < 1.29 is 18.0 Å². The highest BCUT2D eigenvalue weighted by atomic mass is 28.4. The first-order valence-corrected chi connectivity index (χ1v) is 10.7. The maximum atomic E-state index is 12.4. The molecule has 0 amide bonds. The Labute approximate surface area is 153 Å². The van der Waals surface area contributed by atoms with E-state index in [4.69, 9.17) is 18.0 Å². The Morgan fingerprint density at radius 2 is 1.38 bits per heavy atom. The molecule has 0 aromatic carbocycles. The van der Waals surface area contributed by atoms with Crippen LogP contribution >= 0.6 is 0 Å². The molecule has 0 atom stereocenters. The maximum absolute atomic E-state index is 12.4. The van der Waals surface area contributed by atoms with Crippen LogP contribution in [0.2, 0.25) is 6.04 Å². The average Bonchev–Trinajstić information content (AvgIpc) is 2.58. The molecule has 0 saturated carbocycles. The van der Waals surface area contributed by atoms with Crippen molar-refractivity contribution in [1.82, 2.24) is 14.1 Å². The van der Waals surface area contributed by atoms with Crippen LogP contribution in [-0.2, 0) is 31.1 Å². The average molecular weight is 391 g/mol. The van der Waals surface area contributed by atoms with E-state index in [0.717, 1.165) is 9.13 Å². The Hall–Kier alpha value is -1.53. The van der Waals surface area contributed by atoms with Crippen molar-refractivity contribution in [2.75, 3.05) is 33.5 Å². The molecule has 26 heavy (non-hydrogen) atoms. The maximum Gasteiger partial charge on any atom is 0.500 e. The van der Waals surface area contributed by atoms with Crippen LogP contribution in [-0.4, -0.2) is 56.5 Å².